The van der Waals surface area contributed by atoms with E-state index in [-0.39, 0.29) is 51.3 Å². The van der Waals surface area contributed by atoms with E-state index >= 15 is 0 Å². The summed E-state index contributed by atoms with van der Waals surface area (Å²) in [5.41, 5.74) is 1.71. The van der Waals surface area contributed by atoms with Gasteiger partial charge >= 0.3 is 0 Å². The second-order valence-corrected chi connectivity index (χ2v) is 14.9. The van der Waals surface area contributed by atoms with E-state index in [1.54, 1.807) is 5.57 Å². The zero-order valence-corrected chi connectivity index (χ0v) is 22.5. The summed E-state index contributed by atoms with van der Waals surface area (Å²) in [7, 11) is 0. The lowest BCUT2D eigenvalue weighted by molar-refractivity contribution is -0.219. The molecule has 0 unspecified atom stereocenters. The number of aliphatic hydroxyl groups excluding tert-OH is 3. The summed E-state index contributed by atoms with van der Waals surface area (Å²) in [5.74, 6) is 2.11. The van der Waals surface area contributed by atoms with Gasteiger partial charge in [-0.15, -0.1) is 0 Å². The van der Waals surface area contributed by atoms with Gasteiger partial charge in [0.05, 0.1) is 18.3 Å². The summed E-state index contributed by atoms with van der Waals surface area (Å²) in [6, 6.07) is 0. The average Bonchev–Trinajstić information content (AvgIpc) is 2.71. The Balaban J connectivity index is 1.61. The van der Waals surface area contributed by atoms with Crippen LogP contribution in [0.2, 0.25) is 0 Å². The molecular formula is C30H50O3. The lowest BCUT2D eigenvalue weighted by Crippen LogP contribution is -2.67. The second kappa shape index (κ2) is 7.10. The van der Waals surface area contributed by atoms with Gasteiger partial charge in [-0.3, -0.25) is 0 Å². The second-order valence-electron chi connectivity index (χ2n) is 14.9. The van der Waals surface area contributed by atoms with Crippen LogP contribution >= 0.6 is 0 Å². The van der Waals surface area contributed by atoms with E-state index in [0.717, 1.165) is 25.7 Å². The van der Waals surface area contributed by atoms with Crippen LogP contribution in [0.5, 0.6) is 0 Å². The van der Waals surface area contributed by atoms with Crippen molar-refractivity contribution in [2.24, 2.45) is 56.7 Å². The molecule has 0 aromatic carbocycles. The molecule has 4 fully saturated rings. The van der Waals surface area contributed by atoms with Gasteiger partial charge in [0.25, 0.3) is 0 Å². The highest BCUT2D eigenvalue weighted by molar-refractivity contribution is 5.35. The molecule has 0 aromatic heterocycles. The molecule has 4 saturated carbocycles. The van der Waals surface area contributed by atoms with E-state index in [1.165, 1.54) is 12.8 Å². The van der Waals surface area contributed by atoms with E-state index in [2.05, 4.69) is 61.5 Å². The van der Waals surface area contributed by atoms with Crippen LogP contribution in [0.25, 0.3) is 0 Å². The lowest BCUT2D eigenvalue weighted by Gasteiger charge is -2.72. The Morgan fingerprint density at radius 1 is 0.758 bits per heavy atom. The minimum Gasteiger partial charge on any atom is -0.393 e. The van der Waals surface area contributed by atoms with E-state index in [0.29, 0.717) is 30.1 Å². The number of fused-ring (bicyclic) bond motifs is 7. The molecule has 5 rings (SSSR count). The van der Waals surface area contributed by atoms with Gasteiger partial charge in [-0.25, -0.2) is 0 Å². The molecule has 0 aromatic rings. The summed E-state index contributed by atoms with van der Waals surface area (Å²) in [6.07, 6.45) is 8.78. The van der Waals surface area contributed by atoms with Crippen LogP contribution in [0.4, 0.5) is 0 Å². The Morgan fingerprint density at radius 3 is 2.09 bits per heavy atom. The van der Waals surface area contributed by atoms with Crippen LogP contribution in [0.15, 0.2) is 11.6 Å². The molecule has 0 saturated heterocycles. The van der Waals surface area contributed by atoms with Gasteiger partial charge < -0.3 is 15.3 Å². The monoisotopic (exact) mass is 458 g/mol. The standard InChI is InChI=1S/C30H50O3/c1-17-18(2)25-19-9-10-22-27(5)13-12-23(32)26(3,4)21(27)11-14-29(22,7)30(19,8)16-24(33)28(25,6)15-20(17)31/h9,17-18,20-25,31-33H,10-16H2,1-8H3/t17-,18-,20+,21-,22+,23+,24-,25-,27-,28+,29+,30+/m0/s1. The maximum absolute atomic E-state index is 11.7. The summed E-state index contributed by atoms with van der Waals surface area (Å²) < 4.78 is 0. The first-order valence-electron chi connectivity index (χ1n) is 13.9. The van der Waals surface area contributed by atoms with Crippen molar-refractivity contribution in [3.8, 4) is 0 Å². The highest BCUT2D eigenvalue weighted by atomic mass is 16.3. The van der Waals surface area contributed by atoms with Crippen LogP contribution in [0, 0.1) is 56.7 Å². The molecule has 0 bridgehead atoms. The van der Waals surface area contributed by atoms with Gasteiger partial charge in [-0.2, -0.15) is 0 Å². The van der Waals surface area contributed by atoms with Crippen molar-refractivity contribution < 1.29 is 15.3 Å². The first-order valence-corrected chi connectivity index (χ1v) is 13.9. The number of allylic oxidation sites excluding steroid dienone is 2. The normalized spacial score (nSPS) is 60.0. The maximum atomic E-state index is 11.7. The van der Waals surface area contributed by atoms with Gasteiger partial charge in [0, 0.05) is 5.41 Å². The van der Waals surface area contributed by atoms with Gasteiger partial charge in [0.1, 0.15) is 0 Å². The van der Waals surface area contributed by atoms with E-state index in [9.17, 15) is 15.3 Å². The largest absolute Gasteiger partial charge is 0.393 e. The zero-order valence-electron chi connectivity index (χ0n) is 22.5. The number of rotatable bonds is 0. The van der Waals surface area contributed by atoms with Gasteiger partial charge in [0.15, 0.2) is 0 Å². The lowest BCUT2D eigenvalue weighted by atomic mass is 9.33. The predicted molar refractivity (Wildman–Crippen MR) is 133 cm³/mol. The molecule has 3 nitrogen and oxygen atoms in total. The third-order valence-electron chi connectivity index (χ3n) is 13.5. The van der Waals surface area contributed by atoms with Crippen molar-refractivity contribution in [2.45, 2.75) is 119 Å². The van der Waals surface area contributed by atoms with E-state index < -0.39 is 0 Å². The van der Waals surface area contributed by atoms with Crippen molar-refractivity contribution in [2.75, 3.05) is 0 Å². The zero-order chi connectivity index (χ0) is 24.4. The molecule has 5 aliphatic rings. The van der Waals surface area contributed by atoms with Gasteiger partial charge in [0.2, 0.25) is 0 Å². The minimum absolute atomic E-state index is 0.00995. The molecule has 5 aliphatic carbocycles. The Morgan fingerprint density at radius 2 is 1.42 bits per heavy atom. The summed E-state index contributed by atoms with van der Waals surface area (Å²) in [5, 5.41) is 33.5. The van der Waals surface area contributed by atoms with Gasteiger partial charge in [-0.1, -0.05) is 67.0 Å². The minimum atomic E-state index is -0.375. The summed E-state index contributed by atoms with van der Waals surface area (Å²) in [4.78, 5) is 0. The smallest absolute Gasteiger partial charge is 0.0609 e. The fourth-order valence-electron chi connectivity index (χ4n) is 11.0. The highest BCUT2D eigenvalue weighted by Gasteiger charge is 2.69. The van der Waals surface area contributed by atoms with Crippen molar-refractivity contribution in [3.05, 3.63) is 11.6 Å². The molecule has 3 heteroatoms. The quantitative estimate of drug-likeness (QED) is 0.392. The van der Waals surface area contributed by atoms with Crippen molar-refractivity contribution in [3.63, 3.8) is 0 Å². The summed E-state index contributed by atoms with van der Waals surface area (Å²) in [6.45, 7) is 19.0. The molecular weight excluding hydrogens is 408 g/mol. The van der Waals surface area contributed by atoms with E-state index in [1.807, 2.05) is 0 Å². The van der Waals surface area contributed by atoms with Crippen molar-refractivity contribution in [1.29, 1.82) is 0 Å². The Labute approximate surface area is 202 Å². The molecule has 188 valence electrons. The number of aliphatic hydroxyl groups is 3. The average molecular weight is 459 g/mol. The SMILES string of the molecule is C[C@H]1[C@H](C)[C@H]2C3=CC[C@@H]4[C@@]5(C)CC[C@@H](O)C(C)(C)[C@@H]5CC[C@@]4(C)[C@]3(C)C[C@H](O)[C@@]2(C)C[C@H]1O. The highest BCUT2D eigenvalue weighted by Crippen LogP contribution is 2.75. The number of hydrogen-bond donors (Lipinski definition) is 3. The topological polar surface area (TPSA) is 60.7 Å². The van der Waals surface area contributed by atoms with E-state index in [4.69, 9.17) is 0 Å². The molecule has 0 heterocycles. The Kier molecular flexibility index (Phi) is 5.23. The van der Waals surface area contributed by atoms with Gasteiger partial charge in [-0.05, 0) is 96.2 Å². The van der Waals surface area contributed by atoms with Crippen molar-refractivity contribution >= 4 is 0 Å². The Bertz CT molecular complexity index is 847. The summed E-state index contributed by atoms with van der Waals surface area (Å²) >= 11 is 0. The third-order valence-corrected chi connectivity index (χ3v) is 13.5. The van der Waals surface area contributed by atoms with Crippen molar-refractivity contribution in [1.82, 2.24) is 0 Å². The molecule has 33 heavy (non-hydrogen) atoms. The van der Waals surface area contributed by atoms with Crippen LogP contribution < -0.4 is 0 Å². The van der Waals surface area contributed by atoms with Crippen LogP contribution in [0.1, 0.15) is 100 Å². The third kappa shape index (κ3) is 2.80. The predicted octanol–water partition coefficient (Wildman–Crippen LogP) is 5.97. The first-order chi connectivity index (χ1) is 15.1. The molecule has 12 atom stereocenters. The Hall–Kier alpha value is -0.380. The fraction of sp³-hybridized carbons (Fsp3) is 0.933. The van der Waals surface area contributed by atoms with Crippen LogP contribution in [0.3, 0.4) is 0 Å². The fourth-order valence-corrected chi connectivity index (χ4v) is 11.0. The first kappa shape index (κ1) is 24.3. The molecule has 0 radical (unpaired) electrons. The molecule has 3 N–H and O–H groups in total. The number of hydrogen-bond acceptors (Lipinski definition) is 3. The van der Waals surface area contributed by atoms with Crippen LogP contribution in [-0.4, -0.2) is 33.6 Å². The molecule has 0 amide bonds. The van der Waals surface area contributed by atoms with Crippen LogP contribution in [-0.2, 0) is 0 Å². The maximum Gasteiger partial charge on any atom is 0.0609 e. The molecule has 0 aliphatic heterocycles. The molecule has 0 spiro atoms.